The molecule has 0 spiro atoms. The van der Waals surface area contributed by atoms with Gasteiger partial charge in [-0.25, -0.2) is 0 Å². The number of rotatable bonds is 1. The zero-order valence-corrected chi connectivity index (χ0v) is 10.2. The van der Waals surface area contributed by atoms with Crippen LogP contribution in [-0.2, 0) is 5.41 Å². The highest BCUT2D eigenvalue weighted by Crippen LogP contribution is 2.28. The molecule has 1 heterocycles. The van der Waals surface area contributed by atoms with Crippen molar-refractivity contribution >= 4 is 17.2 Å². The number of aryl methyl sites for hydroxylation is 1. The summed E-state index contributed by atoms with van der Waals surface area (Å²) in [5.74, 6) is 0. The highest BCUT2D eigenvalue weighted by atomic mass is 16.1. The molecule has 0 aliphatic rings. The summed E-state index contributed by atoms with van der Waals surface area (Å²) in [6, 6.07) is 6.34. The Labute approximate surface area is 95.7 Å². The van der Waals surface area contributed by atoms with Crippen LogP contribution in [0.15, 0.2) is 18.2 Å². The van der Waals surface area contributed by atoms with Gasteiger partial charge in [-0.1, -0.05) is 26.8 Å². The van der Waals surface area contributed by atoms with Gasteiger partial charge in [-0.3, -0.25) is 4.79 Å². The van der Waals surface area contributed by atoms with Crippen LogP contribution in [0.1, 0.15) is 42.4 Å². The first-order chi connectivity index (χ1) is 7.43. The fourth-order valence-electron chi connectivity index (χ4n) is 1.93. The molecule has 0 fully saturated rings. The summed E-state index contributed by atoms with van der Waals surface area (Å²) < 4.78 is 0. The predicted molar refractivity (Wildman–Crippen MR) is 67.1 cm³/mol. The SMILES string of the molecule is Cc1c(C=O)[nH]c2ccc(C(C)(C)C)cc12. The number of benzene rings is 1. The third kappa shape index (κ3) is 1.64. The Morgan fingerprint density at radius 2 is 1.94 bits per heavy atom. The van der Waals surface area contributed by atoms with Crippen LogP contribution in [0, 0.1) is 6.92 Å². The number of carbonyl (C=O) groups is 1. The van der Waals surface area contributed by atoms with E-state index in [0.717, 1.165) is 22.8 Å². The van der Waals surface area contributed by atoms with E-state index >= 15 is 0 Å². The summed E-state index contributed by atoms with van der Waals surface area (Å²) in [5, 5.41) is 1.15. The van der Waals surface area contributed by atoms with E-state index in [9.17, 15) is 4.79 Å². The third-order valence-electron chi connectivity index (χ3n) is 3.08. The highest BCUT2D eigenvalue weighted by molar-refractivity contribution is 5.92. The number of H-pyrrole nitrogens is 1. The fraction of sp³-hybridized carbons (Fsp3) is 0.357. The van der Waals surface area contributed by atoms with Crippen LogP contribution in [-0.4, -0.2) is 11.3 Å². The van der Waals surface area contributed by atoms with Gasteiger partial charge < -0.3 is 4.98 Å². The molecule has 2 aromatic rings. The number of hydrogen-bond donors (Lipinski definition) is 1. The van der Waals surface area contributed by atoms with Gasteiger partial charge in [0.1, 0.15) is 0 Å². The maximum Gasteiger partial charge on any atom is 0.166 e. The maximum atomic E-state index is 10.8. The molecule has 1 aromatic heterocycles. The third-order valence-corrected chi connectivity index (χ3v) is 3.08. The first kappa shape index (κ1) is 10.9. The minimum atomic E-state index is 0.138. The van der Waals surface area contributed by atoms with Crippen LogP contribution >= 0.6 is 0 Å². The Morgan fingerprint density at radius 1 is 1.25 bits per heavy atom. The van der Waals surface area contributed by atoms with Gasteiger partial charge in [-0.2, -0.15) is 0 Å². The Hall–Kier alpha value is -1.57. The van der Waals surface area contributed by atoms with Gasteiger partial charge in [0.15, 0.2) is 6.29 Å². The molecule has 2 nitrogen and oxygen atoms in total. The topological polar surface area (TPSA) is 32.9 Å². The molecule has 0 saturated heterocycles. The zero-order chi connectivity index (χ0) is 11.9. The predicted octanol–water partition coefficient (Wildman–Crippen LogP) is 3.59. The van der Waals surface area contributed by atoms with E-state index in [4.69, 9.17) is 0 Å². The molecule has 0 atom stereocenters. The summed E-state index contributed by atoms with van der Waals surface area (Å²) in [6.07, 6.45) is 0.881. The van der Waals surface area contributed by atoms with Crippen molar-refractivity contribution in [2.24, 2.45) is 0 Å². The molecule has 0 saturated carbocycles. The molecule has 0 unspecified atom stereocenters. The molecule has 2 heteroatoms. The average Bonchev–Trinajstić information content (AvgIpc) is 2.54. The van der Waals surface area contributed by atoms with Gasteiger partial charge in [0.25, 0.3) is 0 Å². The quantitative estimate of drug-likeness (QED) is 0.724. The second-order valence-corrected chi connectivity index (χ2v) is 5.29. The summed E-state index contributed by atoms with van der Waals surface area (Å²) in [4.78, 5) is 14.0. The first-order valence-corrected chi connectivity index (χ1v) is 5.51. The Bertz CT molecular complexity index is 544. The molecule has 84 valence electrons. The van der Waals surface area contributed by atoms with Crippen LogP contribution in [0.3, 0.4) is 0 Å². The lowest BCUT2D eigenvalue weighted by atomic mass is 9.86. The van der Waals surface area contributed by atoms with Crippen molar-refractivity contribution in [3.05, 3.63) is 35.0 Å². The number of aromatic amines is 1. The molecule has 0 bridgehead atoms. The molecule has 0 aliphatic carbocycles. The number of hydrogen-bond acceptors (Lipinski definition) is 1. The minimum absolute atomic E-state index is 0.138. The van der Waals surface area contributed by atoms with Crippen molar-refractivity contribution in [1.82, 2.24) is 4.98 Å². The van der Waals surface area contributed by atoms with Gasteiger partial charge in [-0.05, 0) is 35.6 Å². The molecular weight excluding hydrogens is 198 g/mol. The zero-order valence-electron chi connectivity index (χ0n) is 10.2. The van der Waals surface area contributed by atoms with Gasteiger partial charge in [-0.15, -0.1) is 0 Å². The van der Waals surface area contributed by atoms with Crippen LogP contribution in [0.25, 0.3) is 10.9 Å². The van der Waals surface area contributed by atoms with Crippen molar-refractivity contribution in [2.75, 3.05) is 0 Å². The number of carbonyl (C=O) groups excluding carboxylic acids is 1. The first-order valence-electron chi connectivity index (χ1n) is 5.51. The molecular formula is C14H17NO. The lowest BCUT2D eigenvalue weighted by Gasteiger charge is -2.18. The van der Waals surface area contributed by atoms with Gasteiger partial charge in [0.2, 0.25) is 0 Å². The Morgan fingerprint density at radius 3 is 2.50 bits per heavy atom. The second kappa shape index (κ2) is 3.48. The van der Waals surface area contributed by atoms with Gasteiger partial charge in [0.05, 0.1) is 5.69 Å². The fourth-order valence-corrected chi connectivity index (χ4v) is 1.93. The largest absolute Gasteiger partial charge is 0.352 e. The molecule has 16 heavy (non-hydrogen) atoms. The van der Waals surface area contributed by atoms with Gasteiger partial charge >= 0.3 is 0 Å². The van der Waals surface area contributed by atoms with Crippen molar-refractivity contribution < 1.29 is 4.79 Å². The standard InChI is InChI=1S/C14H17NO/c1-9-11-7-10(14(2,3)4)5-6-12(11)15-13(9)8-16/h5-8,15H,1-4H3. The number of nitrogens with one attached hydrogen (secondary N) is 1. The van der Waals surface area contributed by atoms with E-state index in [2.05, 4.69) is 44.0 Å². The van der Waals surface area contributed by atoms with E-state index < -0.39 is 0 Å². The number of aromatic nitrogens is 1. The van der Waals surface area contributed by atoms with E-state index in [1.807, 2.05) is 6.92 Å². The van der Waals surface area contributed by atoms with Crippen molar-refractivity contribution in [3.8, 4) is 0 Å². The van der Waals surface area contributed by atoms with Crippen LogP contribution < -0.4 is 0 Å². The van der Waals surface area contributed by atoms with Crippen LogP contribution in [0.5, 0.6) is 0 Å². The van der Waals surface area contributed by atoms with Crippen LogP contribution in [0.2, 0.25) is 0 Å². The Balaban J connectivity index is 2.70. The van der Waals surface area contributed by atoms with E-state index in [1.54, 1.807) is 0 Å². The monoisotopic (exact) mass is 215 g/mol. The highest BCUT2D eigenvalue weighted by Gasteiger charge is 2.15. The Kier molecular flexibility index (Phi) is 2.38. The molecule has 2 rings (SSSR count). The molecule has 0 aliphatic heterocycles. The average molecular weight is 215 g/mol. The summed E-state index contributed by atoms with van der Waals surface area (Å²) in [7, 11) is 0. The summed E-state index contributed by atoms with van der Waals surface area (Å²) >= 11 is 0. The van der Waals surface area contributed by atoms with E-state index in [0.29, 0.717) is 5.69 Å². The normalized spacial score (nSPS) is 12.0. The van der Waals surface area contributed by atoms with Crippen LogP contribution in [0.4, 0.5) is 0 Å². The minimum Gasteiger partial charge on any atom is -0.352 e. The van der Waals surface area contributed by atoms with Crippen molar-refractivity contribution in [2.45, 2.75) is 33.1 Å². The molecule has 1 N–H and O–H groups in total. The second-order valence-electron chi connectivity index (χ2n) is 5.29. The smallest absolute Gasteiger partial charge is 0.166 e. The lowest BCUT2D eigenvalue weighted by Crippen LogP contribution is -2.10. The van der Waals surface area contributed by atoms with E-state index in [-0.39, 0.29) is 5.41 Å². The van der Waals surface area contributed by atoms with Crippen molar-refractivity contribution in [1.29, 1.82) is 0 Å². The molecule has 1 aromatic carbocycles. The van der Waals surface area contributed by atoms with Crippen molar-refractivity contribution in [3.63, 3.8) is 0 Å². The lowest BCUT2D eigenvalue weighted by molar-refractivity contribution is 0.111. The number of fused-ring (bicyclic) bond motifs is 1. The maximum absolute atomic E-state index is 10.8. The van der Waals surface area contributed by atoms with E-state index in [1.165, 1.54) is 5.56 Å². The summed E-state index contributed by atoms with van der Waals surface area (Å²) in [5.41, 5.74) is 4.18. The molecule has 0 radical (unpaired) electrons. The van der Waals surface area contributed by atoms with Gasteiger partial charge in [0, 0.05) is 10.9 Å². The summed E-state index contributed by atoms with van der Waals surface area (Å²) in [6.45, 7) is 8.55. The number of aldehydes is 1. The molecule has 0 amide bonds.